The SMILES string of the molecule is N=C(N)c1cc(COc2cc(F)cc(F)c2)ccn1. The van der Waals surface area contributed by atoms with Crippen molar-refractivity contribution in [1.82, 2.24) is 4.98 Å². The number of benzene rings is 1. The van der Waals surface area contributed by atoms with E-state index >= 15 is 0 Å². The van der Waals surface area contributed by atoms with Crippen molar-refractivity contribution in [2.24, 2.45) is 5.73 Å². The molecular formula is C13H11F2N3O. The Hall–Kier alpha value is -2.50. The molecule has 0 aliphatic heterocycles. The first-order valence-corrected chi connectivity index (χ1v) is 5.43. The van der Waals surface area contributed by atoms with E-state index in [2.05, 4.69) is 4.98 Å². The van der Waals surface area contributed by atoms with E-state index < -0.39 is 11.6 Å². The molecule has 3 N–H and O–H groups in total. The van der Waals surface area contributed by atoms with Gasteiger partial charge in [0.05, 0.1) is 0 Å². The summed E-state index contributed by atoms with van der Waals surface area (Å²) >= 11 is 0. The van der Waals surface area contributed by atoms with Crippen molar-refractivity contribution in [3.63, 3.8) is 0 Å². The molecule has 2 rings (SSSR count). The quantitative estimate of drug-likeness (QED) is 0.656. The molecule has 1 heterocycles. The van der Waals surface area contributed by atoms with Crippen LogP contribution in [0.4, 0.5) is 8.78 Å². The van der Waals surface area contributed by atoms with E-state index in [9.17, 15) is 8.78 Å². The molecule has 0 aliphatic rings. The zero-order chi connectivity index (χ0) is 13.8. The number of pyridine rings is 1. The summed E-state index contributed by atoms with van der Waals surface area (Å²) in [5, 5.41) is 7.26. The number of nitrogens with two attached hydrogens (primary N) is 1. The normalized spacial score (nSPS) is 10.2. The van der Waals surface area contributed by atoms with Crippen LogP contribution in [0, 0.1) is 17.0 Å². The fourth-order valence-corrected chi connectivity index (χ4v) is 1.49. The van der Waals surface area contributed by atoms with Gasteiger partial charge in [-0.3, -0.25) is 10.4 Å². The van der Waals surface area contributed by atoms with Gasteiger partial charge in [-0.2, -0.15) is 0 Å². The van der Waals surface area contributed by atoms with Crippen LogP contribution >= 0.6 is 0 Å². The molecule has 0 saturated carbocycles. The van der Waals surface area contributed by atoms with Crippen LogP contribution in [0.3, 0.4) is 0 Å². The first kappa shape index (κ1) is 12.9. The highest BCUT2D eigenvalue weighted by molar-refractivity contribution is 5.93. The minimum absolute atomic E-state index is 0.0960. The van der Waals surface area contributed by atoms with Crippen LogP contribution in [0.15, 0.2) is 36.5 Å². The van der Waals surface area contributed by atoms with Gasteiger partial charge in [0.15, 0.2) is 0 Å². The fraction of sp³-hybridized carbons (Fsp3) is 0.0769. The van der Waals surface area contributed by atoms with Gasteiger partial charge in [-0.1, -0.05) is 0 Å². The van der Waals surface area contributed by atoms with Gasteiger partial charge in [0.1, 0.15) is 35.5 Å². The number of halogens is 2. The zero-order valence-electron chi connectivity index (χ0n) is 9.86. The fourth-order valence-electron chi connectivity index (χ4n) is 1.49. The molecule has 0 amide bonds. The van der Waals surface area contributed by atoms with Crippen molar-refractivity contribution >= 4 is 5.84 Å². The van der Waals surface area contributed by atoms with E-state index in [0.29, 0.717) is 11.3 Å². The molecule has 0 radical (unpaired) electrons. The first-order valence-electron chi connectivity index (χ1n) is 5.43. The highest BCUT2D eigenvalue weighted by Gasteiger charge is 2.04. The molecule has 19 heavy (non-hydrogen) atoms. The lowest BCUT2D eigenvalue weighted by Crippen LogP contribution is -2.13. The second kappa shape index (κ2) is 5.43. The summed E-state index contributed by atoms with van der Waals surface area (Å²) < 4.78 is 31.2. The Morgan fingerprint density at radius 1 is 1.21 bits per heavy atom. The van der Waals surface area contributed by atoms with Crippen molar-refractivity contribution < 1.29 is 13.5 Å². The third kappa shape index (κ3) is 3.48. The summed E-state index contributed by atoms with van der Waals surface area (Å²) in [5.74, 6) is -1.46. The molecule has 2 aromatic rings. The Kier molecular flexibility index (Phi) is 3.70. The number of aromatic nitrogens is 1. The van der Waals surface area contributed by atoms with Crippen LogP contribution in [0.5, 0.6) is 5.75 Å². The van der Waals surface area contributed by atoms with Gasteiger partial charge in [0.25, 0.3) is 0 Å². The van der Waals surface area contributed by atoms with Gasteiger partial charge in [-0.25, -0.2) is 8.78 Å². The van der Waals surface area contributed by atoms with Gasteiger partial charge in [0.2, 0.25) is 0 Å². The van der Waals surface area contributed by atoms with Crippen LogP contribution in [0.2, 0.25) is 0 Å². The van der Waals surface area contributed by atoms with E-state index in [4.69, 9.17) is 15.9 Å². The van der Waals surface area contributed by atoms with Crippen molar-refractivity contribution in [3.05, 3.63) is 59.4 Å². The second-order valence-corrected chi connectivity index (χ2v) is 3.86. The molecule has 0 spiro atoms. The van der Waals surface area contributed by atoms with E-state index in [1.54, 1.807) is 12.1 Å². The Labute approximate surface area is 108 Å². The van der Waals surface area contributed by atoms with E-state index in [1.807, 2.05) is 0 Å². The van der Waals surface area contributed by atoms with Gasteiger partial charge < -0.3 is 10.5 Å². The molecule has 6 heteroatoms. The molecule has 98 valence electrons. The molecule has 1 aromatic carbocycles. The number of amidine groups is 1. The first-order chi connectivity index (χ1) is 9.04. The van der Waals surface area contributed by atoms with Crippen molar-refractivity contribution in [2.75, 3.05) is 0 Å². The van der Waals surface area contributed by atoms with Gasteiger partial charge in [-0.15, -0.1) is 0 Å². The van der Waals surface area contributed by atoms with E-state index in [-0.39, 0.29) is 18.2 Å². The van der Waals surface area contributed by atoms with Gasteiger partial charge >= 0.3 is 0 Å². The smallest absolute Gasteiger partial charge is 0.141 e. The van der Waals surface area contributed by atoms with Crippen LogP contribution in [0.1, 0.15) is 11.3 Å². The predicted octanol–water partition coefficient (Wildman–Crippen LogP) is 2.22. The number of nitrogens with one attached hydrogen (secondary N) is 1. The maximum atomic E-state index is 12.9. The molecule has 0 atom stereocenters. The molecule has 0 aliphatic carbocycles. The number of hydrogen-bond acceptors (Lipinski definition) is 3. The minimum atomic E-state index is -0.700. The van der Waals surface area contributed by atoms with Gasteiger partial charge in [-0.05, 0) is 17.7 Å². The lowest BCUT2D eigenvalue weighted by Gasteiger charge is -2.07. The third-order valence-electron chi connectivity index (χ3n) is 2.34. The molecular weight excluding hydrogens is 252 g/mol. The predicted molar refractivity (Wildman–Crippen MR) is 65.9 cm³/mol. The van der Waals surface area contributed by atoms with E-state index in [0.717, 1.165) is 18.2 Å². The second-order valence-electron chi connectivity index (χ2n) is 3.86. The summed E-state index contributed by atoms with van der Waals surface area (Å²) in [7, 11) is 0. The summed E-state index contributed by atoms with van der Waals surface area (Å²) in [5.41, 5.74) is 6.33. The highest BCUT2D eigenvalue weighted by Crippen LogP contribution is 2.17. The molecule has 0 bridgehead atoms. The third-order valence-corrected chi connectivity index (χ3v) is 2.34. The van der Waals surface area contributed by atoms with Crippen LogP contribution < -0.4 is 10.5 Å². The number of ether oxygens (including phenoxy) is 1. The lowest BCUT2D eigenvalue weighted by molar-refractivity contribution is 0.302. The number of nitrogens with zero attached hydrogens (tertiary/aromatic N) is 1. The number of rotatable bonds is 4. The number of hydrogen-bond donors (Lipinski definition) is 2. The largest absolute Gasteiger partial charge is 0.489 e. The monoisotopic (exact) mass is 263 g/mol. The van der Waals surface area contributed by atoms with Crippen molar-refractivity contribution in [1.29, 1.82) is 5.41 Å². The molecule has 1 aromatic heterocycles. The summed E-state index contributed by atoms with van der Waals surface area (Å²) in [6, 6.07) is 6.21. The Bertz CT molecular complexity index is 596. The summed E-state index contributed by atoms with van der Waals surface area (Å²) in [6.45, 7) is 0.103. The Balaban J connectivity index is 2.10. The topological polar surface area (TPSA) is 72.0 Å². The number of nitrogen functional groups attached to an aromatic ring is 1. The van der Waals surface area contributed by atoms with Crippen LogP contribution in [0.25, 0.3) is 0 Å². The molecule has 4 nitrogen and oxygen atoms in total. The highest BCUT2D eigenvalue weighted by atomic mass is 19.1. The maximum absolute atomic E-state index is 12.9. The van der Waals surface area contributed by atoms with Crippen molar-refractivity contribution in [3.8, 4) is 5.75 Å². The molecule has 0 saturated heterocycles. The summed E-state index contributed by atoms with van der Waals surface area (Å²) in [6.07, 6.45) is 1.49. The Morgan fingerprint density at radius 3 is 2.53 bits per heavy atom. The zero-order valence-corrected chi connectivity index (χ0v) is 9.86. The van der Waals surface area contributed by atoms with Crippen molar-refractivity contribution in [2.45, 2.75) is 6.61 Å². The molecule has 0 fully saturated rings. The van der Waals surface area contributed by atoms with Crippen LogP contribution in [-0.4, -0.2) is 10.8 Å². The Morgan fingerprint density at radius 2 is 1.89 bits per heavy atom. The van der Waals surface area contributed by atoms with Gasteiger partial charge in [0, 0.05) is 24.4 Å². The molecule has 0 unspecified atom stereocenters. The van der Waals surface area contributed by atoms with E-state index in [1.165, 1.54) is 6.20 Å². The van der Waals surface area contributed by atoms with Crippen LogP contribution in [-0.2, 0) is 6.61 Å². The summed E-state index contributed by atoms with van der Waals surface area (Å²) in [4.78, 5) is 3.90. The minimum Gasteiger partial charge on any atom is -0.489 e. The maximum Gasteiger partial charge on any atom is 0.141 e. The lowest BCUT2D eigenvalue weighted by atomic mass is 10.2. The standard InChI is InChI=1S/C13H11F2N3O/c14-9-4-10(15)6-11(5-9)19-7-8-1-2-18-12(3-8)13(16)17/h1-6H,7H2,(H3,16,17). The average Bonchev–Trinajstić information content (AvgIpc) is 2.35. The average molecular weight is 263 g/mol.